The van der Waals surface area contributed by atoms with Gasteiger partial charge in [-0.05, 0) is 37.3 Å². The van der Waals surface area contributed by atoms with E-state index in [-0.39, 0.29) is 11.8 Å². The van der Waals surface area contributed by atoms with Crippen LogP contribution in [-0.2, 0) is 10.2 Å². The second-order valence-corrected chi connectivity index (χ2v) is 5.13. The Morgan fingerprint density at radius 2 is 2.05 bits per heavy atom. The van der Waals surface area contributed by atoms with Crippen molar-refractivity contribution in [1.29, 1.82) is 0 Å². The standard InChI is InChI=1S/C15H20N4O/c1-3-19(4-2)14(20)15(10-13(15)11-17-18-16)12-8-6-5-7-9-12/h5-9,13H,3-4,10-11H2,1-2H3/t13-,15+/m1/s1. The summed E-state index contributed by atoms with van der Waals surface area (Å²) in [6.45, 7) is 5.78. The average molecular weight is 272 g/mol. The summed E-state index contributed by atoms with van der Waals surface area (Å²) in [5.74, 6) is 0.278. The molecule has 0 saturated heterocycles. The van der Waals surface area contributed by atoms with Crippen LogP contribution in [-0.4, -0.2) is 30.4 Å². The van der Waals surface area contributed by atoms with Crippen LogP contribution in [0, 0.1) is 5.92 Å². The van der Waals surface area contributed by atoms with Crippen molar-refractivity contribution in [3.05, 3.63) is 46.3 Å². The smallest absolute Gasteiger partial charge is 0.233 e. The van der Waals surface area contributed by atoms with Crippen LogP contribution in [0.5, 0.6) is 0 Å². The lowest BCUT2D eigenvalue weighted by atomic mass is 9.91. The third kappa shape index (κ3) is 2.37. The third-order valence-electron chi connectivity index (χ3n) is 4.19. The lowest BCUT2D eigenvalue weighted by molar-refractivity contribution is -0.134. The van der Waals surface area contributed by atoms with Crippen molar-refractivity contribution < 1.29 is 4.79 Å². The maximum absolute atomic E-state index is 12.9. The molecule has 5 heteroatoms. The van der Waals surface area contributed by atoms with Crippen molar-refractivity contribution in [2.24, 2.45) is 11.0 Å². The summed E-state index contributed by atoms with van der Waals surface area (Å²) in [7, 11) is 0. The van der Waals surface area contributed by atoms with Gasteiger partial charge in [-0.25, -0.2) is 0 Å². The van der Waals surface area contributed by atoms with E-state index < -0.39 is 5.41 Å². The Morgan fingerprint density at radius 3 is 2.60 bits per heavy atom. The second kappa shape index (κ2) is 5.97. The van der Waals surface area contributed by atoms with Crippen LogP contribution in [0.25, 0.3) is 10.4 Å². The Bertz CT molecular complexity index is 520. The van der Waals surface area contributed by atoms with Gasteiger partial charge >= 0.3 is 0 Å². The summed E-state index contributed by atoms with van der Waals surface area (Å²) >= 11 is 0. The second-order valence-electron chi connectivity index (χ2n) is 5.13. The first-order valence-corrected chi connectivity index (χ1v) is 7.06. The van der Waals surface area contributed by atoms with E-state index in [0.717, 1.165) is 12.0 Å². The summed E-state index contributed by atoms with van der Waals surface area (Å²) in [5, 5.41) is 3.66. The van der Waals surface area contributed by atoms with Gasteiger partial charge in [-0.15, -0.1) is 0 Å². The maximum atomic E-state index is 12.9. The van der Waals surface area contributed by atoms with E-state index >= 15 is 0 Å². The predicted molar refractivity (Wildman–Crippen MR) is 78.2 cm³/mol. The van der Waals surface area contributed by atoms with Crippen LogP contribution in [0.15, 0.2) is 35.4 Å². The molecule has 1 aromatic rings. The molecule has 1 saturated carbocycles. The number of carbonyl (C=O) groups is 1. The molecular formula is C15H20N4O. The van der Waals surface area contributed by atoms with E-state index in [1.54, 1.807) is 0 Å². The van der Waals surface area contributed by atoms with E-state index in [2.05, 4.69) is 10.0 Å². The molecule has 0 aromatic heterocycles. The van der Waals surface area contributed by atoms with Crippen LogP contribution in [0.4, 0.5) is 0 Å². The molecule has 1 amide bonds. The van der Waals surface area contributed by atoms with Crippen LogP contribution in [0.2, 0.25) is 0 Å². The summed E-state index contributed by atoms with van der Waals surface area (Å²) < 4.78 is 0. The Labute approximate surface area is 119 Å². The van der Waals surface area contributed by atoms with E-state index in [1.807, 2.05) is 49.1 Å². The molecule has 106 valence electrons. The number of benzene rings is 1. The topological polar surface area (TPSA) is 69.1 Å². The fourth-order valence-corrected chi connectivity index (χ4v) is 2.95. The number of hydrogen-bond acceptors (Lipinski definition) is 2. The molecule has 0 radical (unpaired) electrons. The van der Waals surface area contributed by atoms with Crippen molar-refractivity contribution in [1.82, 2.24) is 4.90 Å². The number of rotatable bonds is 6. The molecule has 1 aliphatic rings. The van der Waals surface area contributed by atoms with Gasteiger partial charge in [0.25, 0.3) is 0 Å². The lowest BCUT2D eigenvalue weighted by Gasteiger charge is -2.26. The largest absolute Gasteiger partial charge is 0.342 e. The van der Waals surface area contributed by atoms with Crippen molar-refractivity contribution in [3.8, 4) is 0 Å². The fourth-order valence-electron chi connectivity index (χ4n) is 2.95. The normalized spacial score (nSPS) is 23.8. The zero-order valence-corrected chi connectivity index (χ0v) is 12.0. The first kappa shape index (κ1) is 14.4. The number of nitrogens with zero attached hydrogens (tertiary/aromatic N) is 4. The maximum Gasteiger partial charge on any atom is 0.233 e. The minimum absolute atomic E-state index is 0.119. The van der Waals surface area contributed by atoms with Crippen molar-refractivity contribution in [3.63, 3.8) is 0 Å². The molecule has 0 bridgehead atoms. The molecule has 0 aliphatic heterocycles. The molecule has 1 aliphatic carbocycles. The molecule has 2 rings (SSSR count). The molecule has 0 N–H and O–H groups in total. The number of carbonyl (C=O) groups excluding carboxylic acids is 1. The summed E-state index contributed by atoms with van der Waals surface area (Å²) in [5.41, 5.74) is 9.04. The molecule has 0 heterocycles. The quantitative estimate of drug-likeness (QED) is 0.445. The van der Waals surface area contributed by atoms with Crippen LogP contribution < -0.4 is 0 Å². The summed E-state index contributed by atoms with van der Waals surface area (Å²) in [6.07, 6.45) is 0.769. The molecule has 2 atom stereocenters. The fraction of sp³-hybridized carbons (Fsp3) is 0.533. The van der Waals surface area contributed by atoms with E-state index in [1.165, 1.54) is 0 Å². The number of likely N-dealkylation sites (N-methyl/N-ethyl adjacent to an activating group) is 1. The molecule has 20 heavy (non-hydrogen) atoms. The number of azide groups is 1. The average Bonchev–Trinajstić information content (AvgIpc) is 3.23. The van der Waals surface area contributed by atoms with Gasteiger partial charge in [0.15, 0.2) is 0 Å². The number of amides is 1. The minimum atomic E-state index is -0.485. The molecule has 1 aromatic carbocycles. The third-order valence-corrected chi connectivity index (χ3v) is 4.19. The van der Waals surface area contributed by atoms with Gasteiger partial charge in [-0.2, -0.15) is 0 Å². The number of hydrogen-bond donors (Lipinski definition) is 0. The highest BCUT2D eigenvalue weighted by Crippen LogP contribution is 2.55. The van der Waals surface area contributed by atoms with Gasteiger partial charge in [0, 0.05) is 24.5 Å². The first-order valence-electron chi connectivity index (χ1n) is 7.06. The van der Waals surface area contributed by atoms with Gasteiger partial charge in [0.1, 0.15) is 0 Å². The molecule has 0 unspecified atom stereocenters. The zero-order valence-electron chi connectivity index (χ0n) is 12.0. The monoisotopic (exact) mass is 272 g/mol. The SMILES string of the molecule is CCN(CC)C(=O)[C@]1(c2ccccc2)C[C@@H]1CN=[N+]=[N-]. The van der Waals surface area contributed by atoms with Gasteiger partial charge in [0.2, 0.25) is 5.91 Å². The van der Waals surface area contributed by atoms with E-state index in [9.17, 15) is 4.79 Å². The molecule has 0 spiro atoms. The first-order chi connectivity index (χ1) is 9.70. The highest BCUT2D eigenvalue weighted by molar-refractivity contribution is 5.92. The predicted octanol–water partition coefficient (Wildman–Crippen LogP) is 3.12. The highest BCUT2D eigenvalue weighted by atomic mass is 16.2. The Kier molecular flexibility index (Phi) is 4.30. The van der Waals surface area contributed by atoms with Gasteiger partial charge in [-0.3, -0.25) is 4.79 Å². The van der Waals surface area contributed by atoms with Crippen molar-refractivity contribution >= 4 is 5.91 Å². The van der Waals surface area contributed by atoms with Gasteiger partial charge < -0.3 is 4.90 Å². The Balaban J connectivity index is 2.32. The molecule has 5 nitrogen and oxygen atoms in total. The molecular weight excluding hydrogens is 252 g/mol. The van der Waals surface area contributed by atoms with E-state index in [4.69, 9.17) is 5.53 Å². The van der Waals surface area contributed by atoms with Crippen molar-refractivity contribution in [2.75, 3.05) is 19.6 Å². The highest BCUT2D eigenvalue weighted by Gasteiger charge is 2.61. The van der Waals surface area contributed by atoms with Crippen LogP contribution in [0.3, 0.4) is 0 Å². The van der Waals surface area contributed by atoms with Crippen molar-refractivity contribution in [2.45, 2.75) is 25.7 Å². The summed E-state index contributed by atoms with van der Waals surface area (Å²) in [6, 6.07) is 9.85. The van der Waals surface area contributed by atoms with Crippen LogP contribution in [0.1, 0.15) is 25.8 Å². The molecule has 1 fully saturated rings. The Morgan fingerprint density at radius 1 is 1.40 bits per heavy atom. The van der Waals surface area contributed by atoms with Crippen LogP contribution >= 0.6 is 0 Å². The van der Waals surface area contributed by atoms with Gasteiger partial charge in [-0.1, -0.05) is 35.4 Å². The minimum Gasteiger partial charge on any atom is -0.342 e. The zero-order chi connectivity index (χ0) is 14.6. The van der Waals surface area contributed by atoms with E-state index in [0.29, 0.717) is 19.6 Å². The Hall–Kier alpha value is -2.00. The lowest BCUT2D eigenvalue weighted by Crippen LogP contribution is -2.40. The van der Waals surface area contributed by atoms with Gasteiger partial charge in [0.05, 0.1) is 5.41 Å². The summed E-state index contributed by atoms with van der Waals surface area (Å²) in [4.78, 5) is 17.5.